The van der Waals surface area contributed by atoms with Crippen LogP contribution in [0, 0.1) is 0 Å². The second-order valence-corrected chi connectivity index (χ2v) is 10.1. The zero-order chi connectivity index (χ0) is 28.0. The number of benzene rings is 1. The highest BCUT2D eigenvalue weighted by Crippen LogP contribution is 2.44. The number of ether oxygens (including phenoxy) is 2. The summed E-state index contributed by atoms with van der Waals surface area (Å²) in [4.78, 5) is 15.6. The molecule has 1 fully saturated rings. The molecule has 1 saturated heterocycles. The van der Waals surface area contributed by atoms with Crippen molar-refractivity contribution in [3.8, 4) is 5.88 Å². The molecule has 6 atom stereocenters. The summed E-state index contributed by atoms with van der Waals surface area (Å²) < 4.78 is 37.1. The van der Waals surface area contributed by atoms with Gasteiger partial charge in [0.15, 0.2) is 17.4 Å². The second kappa shape index (κ2) is 12.6. The number of fused-ring (bicyclic) bond motifs is 1. The molecular formula is C24H32N8O6P+. The fourth-order valence-electron chi connectivity index (χ4n) is 4.50. The standard InChI is InChI=1S/C24H32N8O6P/c1-4-6-12-16(15-10-8-7-9-11-15)38-39(34)36-13-17-19(33)24(3,30-31-26)22(37-17)32-14-27-18-20(32)28-23(25)29-21(18)35-5-2/h7-11,14,16-17,19,22,33H,4-6,12-13H2,1-3H3,(H2,25,28,29)/q+1/t16?,17-,19-,22-,24-/m1/s1. The maximum absolute atomic E-state index is 12.8. The summed E-state index contributed by atoms with van der Waals surface area (Å²) in [5.74, 6) is 0.134. The Morgan fingerprint density at radius 1 is 1.33 bits per heavy atom. The lowest BCUT2D eigenvalue weighted by Crippen LogP contribution is -2.42. The van der Waals surface area contributed by atoms with E-state index in [2.05, 4.69) is 31.9 Å². The molecule has 4 rings (SSSR count). The van der Waals surface area contributed by atoms with E-state index in [-0.39, 0.29) is 24.1 Å². The van der Waals surface area contributed by atoms with Crippen LogP contribution >= 0.6 is 8.25 Å². The van der Waals surface area contributed by atoms with Gasteiger partial charge in [-0.05, 0) is 31.4 Å². The van der Waals surface area contributed by atoms with Gasteiger partial charge in [-0.1, -0.05) is 55.2 Å². The number of nitrogens with two attached hydrogens (primary N) is 1. The number of hydrogen-bond acceptors (Lipinski definition) is 11. The first-order valence-corrected chi connectivity index (χ1v) is 13.8. The predicted octanol–water partition coefficient (Wildman–Crippen LogP) is 4.76. The van der Waals surface area contributed by atoms with Gasteiger partial charge in [-0.3, -0.25) is 4.57 Å². The van der Waals surface area contributed by atoms with E-state index in [4.69, 9.17) is 24.3 Å². The molecule has 1 aliphatic heterocycles. The van der Waals surface area contributed by atoms with Crippen molar-refractivity contribution in [2.24, 2.45) is 5.11 Å². The van der Waals surface area contributed by atoms with Crippen molar-refractivity contribution in [2.75, 3.05) is 18.9 Å². The van der Waals surface area contributed by atoms with Crippen LogP contribution < -0.4 is 10.5 Å². The first kappa shape index (κ1) is 28.6. The molecule has 3 N–H and O–H groups in total. The van der Waals surface area contributed by atoms with Crippen LogP contribution in [0.25, 0.3) is 21.6 Å². The van der Waals surface area contributed by atoms with Crippen LogP contribution in [0.1, 0.15) is 57.9 Å². The van der Waals surface area contributed by atoms with Crippen molar-refractivity contribution < 1.29 is 28.2 Å². The smallest absolute Gasteiger partial charge is 0.476 e. The van der Waals surface area contributed by atoms with Crippen LogP contribution in [0.5, 0.6) is 5.88 Å². The molecule has 14 nitrogen and oxygen atoms in total. The third kappa shape index (κ3) is 6.11. The Morgan fingerprint density at radius 2 is 2.10 bits per heavy atom. The number of imidazole rings is 1. The summed E-state index contributed by atoms with van der Waals surface area (Å²) in [5.41, 5.74) is 15.1. The molecule has 0 bridgehead atoms. The number of unbranched alkanes of at least 4 members (excludes halogenated alkanes) is 1. The molecule has 0 radical (unpaired) electrons. The van der Waals surface area contributed by atoms with E-state index in [0.717, 1.165) is 18.4 Å². The summed E-state index contributed by atoms with van der Waals surface area (Å²) >= 11 is 0. The van der Waals surface area contributed by atoms with E-state index in [1.54, 1.807) is 6.92 Å². The van der Waals surface area contributed by atoms with E-state index in [0.29, 0.717) is 18.5 Å². The van der Waals surface area contributed by atoms with E-state index >= 15 is 0 Å². The molecule has 0 aliphatic carbocycles. The van der Waals surface area contributed by atoms with Crippen LogP contribution in [0.15, 0.2) is 41.8 Å². The van der Waals surface area contributed by atoms with Crippen LogP contribution in [-0.4, -0.2) is 55.6 Å². The lowest BCUT2D eigenvalue weighted by Gasteiger charge is -2.27. The van der Waals surface area contributed by atoms with E-state index in [1.165, 1.54) is 17.8 Å². The number of azide groups is 1. The van der Waals surface area contributed by atoms with Gasteiger partial charge in [-0.15, -0.1) is 9.05 Å². The molecule has 39 heavy (non-hydrogen) atoms. The number of rotatable bonds is 13. The largest absolute Gasteiger partial charge is 0.698 e. The van der Waals surface area contributed by atoms with Gasteiger partial charge < -0.3 is 20.3 Å². The molecule has 208 valence electrons. The van der Waals surface area contributed by atoms with Crippen molar-refractivity contribution >= 4 is 25.4 Å². The zero-order valence-electron chi connectivity index (χ0n) is 22.0. The van der Waals surface area contributed by atoms with Crippen LogP contribution in [0.2, 0.25) is 0 Å². The Balaban J connectivity index is 1.53. The number of aliphatic hydroxyl groups is 1. The maximum Gasteiger partial charge on any atom is 0.698 e. The van der Waals surface area contributed by atoms with Crippen LogP contribution in [-0.2, 0) is 18.3 Å². The minimum Gasteiger partial charge on any atom is -0.476 e. The first-order chi connectivity index (χ1) is 18.8. The Morgan fingerprint density at radius 3 is 2.79 bits per heavy atom. The minimum atomic E-state index is -2.55. The van der Waals surface area contributed by atoms with Gasteiger partial charge in [0.2, 0.25) is 11.8 Å². The number of nitrogens with zero attached hydrogens (tertiary/aromatic N) is 7. The average Bonchev–Trinajstić information content (AvgIpc) is 3.44. The quantitative estimate of drug-likeness (QED) is 0.128. The van der Waals surface area contributed by atoms with Crippen molar-refractivity contribution in [1.29, 1.82) is 0 Å². The Bertz CT molecular complexity index is 1340. The first-order valence-electron chi connectivity index (χ1n) is 12.7. The van der Waals surface area contributed by atoms with Crippen molar-refractivity contribution in [2.45, 2.75) is 70.1 Å². The maximum atomic E-state index is 12.8. The second-order valence-electron chi connectivity index (χ2n) is 9.20. The minimum absolute atomic E-state index is 0.0539. The molecule has 2 aromatic heterocycles. The molecule has 1 aliphatic rings. The zero-order valence-corrected chi connectivity index (χ0v) is 22.8. The summed E-state index contributed by atoms with van der Waals surface area (Å²) in [7, 11) is -2.55. The van der Waals surface area contributed by atoms with E-state index in [9.17, 15) is 15.2 Å². The number of hydrogen-bond donors (Lipinski definition) is 2. The number of anilines is 1. The monoisotopic (exact) mass is 559 g/mol. The molecular weight excluding hydrogens is 527 g/mol. The van der Waals surface area contributed by atoms with E-state index in [1.807, 2.05) is 30.3 Å². The van der Waals surface area contributed by atoms with Gasteiger partial charge in [0.1, 0.15) is 24.4 Å². The molecule has 3 heterocycles. The lowest BCUT2D eigenvalue weighted by molar-refractivity contribution is -0.0426. The van der Waals surface area contributed by atoms with Gasteiger partial charge >= 0.3 is 8.25 Å². The van der Waals surface area contributed by atoms with Gasteiger partial charge in [0, 0.05) is 9.48 Å². The highest BCUT2D eigenvalue weighted by atomic mass is 31.1. The molecule has 15 heteroatoms. The van der Waals surface area contributed by atoms with Gasteiger partial charge in [-0.2, -0.15) is 9.97 Å². The van der Waals surface area contributed by atoms with Crippen molar-refractivity contribution in [1.82, 2.24) is 19.5 Å². The lowest BCUT2D eigenvalue weighted by atomic mass is 9.93. The number of aliphatic hydroxyl groups excluding tert-OH is 1. The molecule has 0 amide bonds. The molecule has 2 unspecified atom stereocenters. The predicted molar refractivity (Wildman–Crippen MR) is 142 cm³/mol. The highest BCUT2D eigenvalue weighted by molar-refractivity contribution is 7.33. The third-order valence-electron chi connectivity index (χ3n) is 6.50. The van der Waals surface area contributed by atoms with Gasteiger partial charge in [0.25, 0.3) is 0 Å². The fraction of sp³-hybridized carbons (Fsp3) is 0.542. The fourth-order valence-corrected chi connectivity index (χ4v) is 5.27. The summed E-state index contributed by atoms with van der Waals surface area (Å²) in [6.07, 6.45) is 0.131. The van der Waals surface area contributed by atoms with Crippen molar-refractivity contribution in [3.05, 3.63) is 52.7 Å². The molecule has 3 aromatic rings. The van der Waals surface area contributed by atoms with Crippen molar-refractivity contribution in [3.63, 3.8) is 0 Å². The van der Waals surface area contributed by atoms with Gasteiger partial charge in [-0.25, -0.2) is 4.98 Å². The number of nitrogen functional groups attached to an aromatic ring is 1. The molecule has 0 saturated carbocycles. The van der Waals surface area contributed by atoms with Crippen LogP contribution in [0.3, 0.4) is 0 Å². The summed E-state index contributed by atoms with van der Waals surface area (Å²) in [6, 6.07) is 9.49. The van der Waals surface area contributed by atoms with E-state index < -0.39 is 38.3 Å². The number of aromatic nitrogens is 4. The van der Waals surface area contributed by atoms with Gasteiger partial charge in [0.05, 0.1) is 19.0 Å². The Hall–Kier alpha value is -3.38. The molecule has 1 aromatic carbocycles. The van der Waals surface area contributed by atoms with Crippen LogP contribution in [0.4, 0.5) is 5.95 Å². The Labute approximate surface area is 226 Å². The topological polar surface area (TPSA) is 193 Å². The average molecular weight is 560 g/mol. The highest BCUT2D eigenvalue weighted by Gasteiger charge is 2.55. The summed E-state index contributed by atoms with van der Waals surface area (Å²) in [5, 5.41) is 15.0. The normalized spacial score (nSPS) is 23.9. The third-order valence-corrected chi connectivity index (χ3v) is 7.29. The summed E-state index contributed by atoms with van der Waals surface area (Å²) in [6.45, 7) is 5.44. The molecule has 0 spiro atoms. The SMILES string of the molecule is CCCCC(O[P+](=O)OC[C@H]1O[C@@H](n2cnc3c(OCC)nc(N)nc32)[C@](C)(N=[N+]=[N-])[C@@H]1O)c1ccccc1. The Kier molecular flexibility index (Phi) is 9.28.